The number of hydrogen-bond donors (Lipinski definition) is 0. The summed E-state index contributed by atoms with van der Waals surface area (Å²) in [6.45, 7) is 3.74. The Bertz CT molecular complexity index is 327. The van der Waals surface area contributed by atoms with Gasteiger partial charge < -0.3 is 4.74 Å². The van der Waals surface area contributed by atoms with Crippen LogP contribution in [-0.4, -0.2) is 33.9 Å². The summed E-state index contributed by atoms with van der Waals surface area (Å²) in [6.07, 6.45) is 12.7. The lowest BCUT2D eigenvalue weighted by atomic mass is 10.1. The van der Waals surface area contributed by atoms with Gasteiger partial charge in [-0.05, 0) is 25.0 Å². The van der Waals surface area contributed by atoms with Crippen LogP contribution in [0.1, 0.15) is 70.5 Å². The van der Waals surface area contributed by atoms with Crippen LogP contribution in [0, 0.1) is 0 Å². The number of aryl methyl sites for hydroxylation is 2. The predicted molar refractivity (Wildman–Crippen MR) is 80.6 cm³/mol. The third-order valence-electron chi connectivity index (χ3n) is 3.53. The SMILES string of the molecule is CCn1nnc(CCCCCCCCCCCOC)n1. The molecule has 0 bridgehead atoms. The molecule has 0 aliphatic carbocycles. The number of rotatable bonds is 13. The van der Waals surface area contributed by atoms with Crippen molar-refractivity contribution in [3.05, 3.63) is 5.82 Å². The number of unbranched alkanes of at least 4 members (excludes halogenated alkanes) is 8. The summed E-state index contributed by atoms with van der Waals surface area (Å²) >= 11 is 0. The zero-order chi connectivity index (χ0) is 14.5. The maximum absolute atomic E-state index is 5.04. The molecule has 0 N–H and O–H groups in total. The first kappa shape index (κ1) is 17.1. The quantitative estimate of drug-likeness (QED) is 0.520. The molecule has 0 saturated carbocycles. The lowest BCUT2D eigenvalue weighted by Crippen LogP contribution is -1.99. The summed E-state index contributed by atoms with van der Waals surface area (Å²) in [5.74, 6) is 0.894. The van der Waals surface area contributed by atoms with Crippen LogP contribution >= 0.6 is 0 Å². The average Bonchev–Trinajstić information content (AvgIpc) is 2.93. The third kappa shape index (κ3) is 8.25. The number of hydrogen-bond acceptors (Lipinski definition) is 4. The second-order valence-corrected chi connectivity index (χ2v) is 5.32. The first-order valence-corrected chi connectivity index (χ1v) is 8.12. The summed E-state index contributed by atoms with van der Waals surface area (Å²) in [5.41, 5.74) is 0. The molecule has 0 aliphatic rings. The molecule has 1 rings (SSSR count). The second-order valence-electron chi connectivity index (χ2n) is 5.32. The Morgan fingerprint density at radius 1 is 0.900 bits per heavy atom. The van der Waals surface area contributed by atoms with Gasteiger partial charge in [0.25, 0.3) is 0 Å². The van der Waals surface area contributed by atoms with Gasteiger partial charge in [-0.2, -0.15) is 4.80 Å². The minimum atomic E-state index is 0.803. The van der Waals surface area contributed by atoms with Crippen molar-refractivity contribution in [1.82, 2.24) is 20.2 Å². The maximum atomic E-state index is 5.04. The highest BCUT2D eigenvalue weighted by Crippen LogP contribution is 2.10. The molecule has 0 atom stereocenters. The number of methoxy groups -OCH3 is 1. The van der Waals surface area contributed by atoms with Gasteiger partial charge in [0.1, 0.15) is 0 Å². The van der Waals surface area contributed by atoms with Crippen LogP contribution in [0.4, 0.5) is 0 Å². The Hall–Kier alpha value is -0.970. The molecular weight excluding hydrogens is 252 g/mol. The minimum Gasteiger partial charge on any atom is -0.385 e. The van der Waals surface area contributed by atoms with Gasteiger partial charge in [0.15, 0.2) is 5.82 Å². The molecule has 0 aromatic carbocycles. The third-order valence-corrected chi connectivity index (χ3v) is 3.53. The molecule has 1 aromatic rings. The minimum absolute atomic E-state index is 0.803. The van der Waals surface area contributed by atoms with Crippen molar-refractivity contribution in [3.8, 4) is 0 Å². The van der Waals surface area contributed by atoms with E-state index in [-0.39, 0.29) is 0 Å². The highest BCUT2D eigenvalue weighted by Gasteiger charge is 2.00. The summed E-state index contributed by atoms with van der Waals surface area (Å²) in [7, 11) is 1.78. The van der Waals surface area contributed by atoms with Crippen LogP contribution in [0.5, 0.6) is 0 Å². The highest BCUT2D eigenvalue weighted by atomic mass is 16.5. The first-order chi connectivity index (χ1) is 9.86. The molecule has 20 heavy (non-hydrogen) atoms. The van der Waals surface area contributed by atoms with Crippen molar-refractivity contribution < 1.29 is 4.74 Å². The molecule has 1 heterocycles. The number of aromatic nitrogens is 4. The van der Waals surface area contributed by atoms with E-state index >= 15 is 0 Å². The highest BCUT2D eigenvalue weighted by molar-refractivity contribution is 4.76. The Morgan fingerprint density at radius 3 is 2.05 bits per heavy atom. The Balaban J connectivity index is 1.83. The smallest absolute Gasteiger partial charge is 0.174 e. The van der Waals surface area contributed by atoms with E-state index in [1.165, 1.54) is 57.8 Å². The van der Waals surface area contributed by atoms with Gasteiger partial charge in [0.05, 0.1) is 6.54 Å². The lowest BCUT2D eigenvalue weighted by Gasteiger charge is -2.02. The van der Waals surface area contributed by atoms with Crippen LogP contribution < -0.4 is 0 Å². The summed E-state index contributed by atoms with van der Waals surface area (Å²) in [4.78, 5) is 1.65. The van der Waals surface area contributed by atoms with E-state index in [0.717, 1.165) is 25.4 Å². The van der Waals surface area contributed by atoms with E-state index in [2.05, 4.69) is 15.4 Å². The summed E-state index contributed by atoms with van der Waals surface area (Å²) in [6, 6.07) is 0. The number of nitrogens with zero attached hydrogens (tertiary/aromatic N) is 4. The molecule has 0 fully saturated rings. The van der Waals surface area contributed by atoms with Crippen molar-refractivity contribution in [1.29, 1.82) is 0 Å². The summed E-state index contributed by atoms with van der Waals surface area (Å²) in [5, 5.41) is 12.3. The molecule has 5 nitrogen and oxygen atoms in total. The van der Waals surface area contributed by atoms with Gasteiger partial charge >= 0.3 is 0 Å². The standard InChI is InChI=1S/C15H30N4O/c1-3-19-17-15(16-18-19)13-11-9-7-5-4-6-8-10-12-14-20-2/h3-14H2,1-2H3. The van der Waals surface area contributed by atoms with Gasteiger partial charge in [-0.15, -0.1) is 10.2 Å². The van der Waals surface area contributed by atoms with Gasteiger partial charge in [0.2, 0.25) is 0 Å². The van der Waals surface area contributed by atoms with E-state index in [1.807, 2.05) is 6.92 Å². The van der Waals surface area contributed by atoms with E-state index in [0.29, 0.717) is 0 Å². The Labute approximate surface area is 123 Å². The lowest BCUT2D eigenvalue weighted by molar-refractivity contribution is 0.192. The topological polar surface area (TPSA) is 52.8 Å². The van der Waals surface area contributed by atoms with Crippen molar-refractivity contribution in [3.63, 3.8) is 0 Å². The number of ether oxygens (including phenoxy) is 1. The largest absolute Gasteiger partial charge is 0.385 e. The molecule has 0 aliphatic heterocycles. The fourth-order valence-corrected chi connectivity index (χ4v) is 2.28. The molecule has 1 aromatic heterocycles. The van der Waals surface area contributed by atoms with Gasteiger partial charge in [-0.25, -0.2) is 0 Å². The Morgan fingerprint density at radius 2 is 1.50 bits per heavy atom. The van der Waals surface area contributed by atoms with Crippen molar-refractivity contribution in [2.75, 3.05) is 13.7 Å². The van der Waals surface area contributed by atoms with E-state index in [1.54, 1.807) is 11.9 Å². The van der Waals surface area contributed by atoms with Crippen LogP contribution in [-0.2, 0) is 17.7 Å². The molecule has 0 unspecified atom stereocenters. The molecule has 5 heteroatoms. The molecule has 0 amide bonds. The van der Waals surface area contributed by atoms with Gasteiger partial charge in [-0.3, -0.25) is 0 Å². The molecular formula is C15H30N4O. The molecule has 0 saturated heterocycles. The van der Waals surface area contributed by atoms with E-state index in [4.69, 9.17) is 4.74 Å². The van der Waals surface area contributed by atoms with Crippen LogP contribution in [0.2, 0.25) is 0 Å². The first-order valence-electron chi connectivity index (χ1n) is 8.12. The average molecular weight is 282 g/mol. The maximum Gasteiger partial charge on any atom is 0.174 e. The van der Waals surface area contributed by atoms with Gasteiger partial charge in [-0.1, -0.05) is 44.9 Å². The van der Waals surface area contributed by atoms with Crippen LogP contribution in [0.3, 0.4) is 0 Å². The number of tetrazole rings is 1. The monoisotopic (exact) mass is 282 g/mol. The normalized spacial score (nSPS) is 11.1. The van der Waals surface area contributed by atoms with Crippen LogP contribution in [0.25, 0.3) is 0 Å². The summed E-state index contributed by atoms with van der Waals surface area (Å²) < 4.78 is 5.04. The second kappa shape index (κ2) is 11.8. The van der Waals surface area contributed by atoms with Crippen LogP contribution in [0.15, 0.2) is 0 Å². The van der Waals surface area contributed by atoms with Crippen molar-refractivity contribution in [2.24, 2.45) is 0 Å². The zero-order valence-electron chi connectivity index (χ0n) is 13.2. The predicted octanol–water partition coefficient (Wildman–Crippen LogP) is 3.39. The van der Waals surface area contributed by atoms with E-state index < -0.39 is 0 Å². The molecule has 0 spiro atoms. The van der Waals surface area contributed by atoms with E-state index in [9.17, 15) is 0 Å². The Kier molecular flexibility index (Phi) is 10.1. The molecule has 0 radical (unpaired) electrons. The fraction of sp³-hybridized carbons (Fsp3) is 0.933. The van der Waals surface area contributed by atoms with Crippen molar-refractivity contribution >= 4 is 0 Å². The molecule has 116 valence electrons. The van der Waals surface area contributed by atoms with Crippen molar-refractivity contribution in [2.45, 2.75) is 77.7 Å². The zero-order valence-corrected chi connectivity index (χ0v) is 13.2. The van der Waals surface area contributed by atoms with Gasteiger partial charge in [0, 0.05) is 20.1 Å². The fourth-order valence-electron chi connectivity index (χ4n) is 2.28.